The molecule has 2 atom stereocenters. The second-order valence-electron chi connectivity index (χ2n) is 5.48. The summed E-state index contributed by atoms with van der Waals surface area (Å²) >= 11 is 1.11. The maximum atomic E-state index is 12.9. The van der Waals surface area contributed by atoms with Crippen LogP contribution in [-0.2, 0) is 10.9 Å². The molecule has 1 heterocycles. The van der Waals surface area contributed by atoms with Crippen molar-refractivity contribution in [3.63, 3.8) is 0 Å². The van der Waals surface area contributed by atoms with Gasteiger partial charge in [-0.15, -0.1) is 11.8 Å². The molecule has 0 bridgehead atoms. The fourth-order valence-corrected chi connectivity index (χ4v) is 3.25. The molecule has 2 rings (SSSR count). The largest absolute Gasteiger partial charge is 0.416 e. The zero-order chi connectivity index (χ0) is 17.2. The molecular weight excluding hydrogens is 329 g/mol. The molecule has 1 aromatic carbocycles. The summed E-state index contributed by atoms with van der Waals surface area (Å²) in [6.45, 7) is 2.36. The molecule has 0 radical (unpaired) electrons. The highest BCUT2D eigenvalue weighted by Gasteiger charge is 2.33. The molecule has 23 heavy (non-hydrogen) atoms. The molecule has 0 aliphatic carbocycles. The summed E-state index contributed by atoms with van der Waals surface area (Å²) in [7, 11) is 0. The maximum Gasteiger partial charge on any atom is 0.416 e. The van der Waals surface area contributed by atoms with Crippen LogP contribution in [0.5, 0.6) is 0 Å². The van der Waals surface area contributed by atoms with Crippen LogP contribution in [0, 0.1) is 6.92 Å². The number of carbonyl (C=O) groups is 1. The highest BCUT2D eigenvalue weighted by Crippen LogP contribution is 2.35. The van der Waals surface area contributed by atoms with Crippen molar-refractivity contribution < 1.29 is 22.7 Å². The molecule has 128 valence electrons. The number of ether oxygens (including phenoxy) is 1. The lowest BCUT2D eigenvalue weighted by Crippen LogP contribution is -2.53. The number of hydrogen-bond acceptors (Lipinski definition) is 4. The van der Waals surface area contributed by atoms with Gasteiger partial charge in [0, 0.05) is 23.6 Å². The van der Waals surface area contributed by atoms with Crippen LogP contribution in [0.25, 0.3) is 0 Å². The van der Waals surface area contributed by atoms with Gasteiger partial charge in [0.25, 0.3) is 5.91 Å². The van der Waals surface area contributed by atoms with Gasteiger partial charge in [-0.3, -0.25) is 4.79 Å². The third kappa shape index (κ3) is 4.19. The minimum atomic E-state index is -4.44. The summed E-state index contributed by atoms with van der Waals surface area (Å²) < 4.78 is 43.9. The van der Waals surface area contributed by atoms with E-state index < -0.39 is 17.6 Å². The van der Waals surface area contributed by atoms with Gasteiger partial charge >= 0.3 is 6.18 Å². The molecule has 1 amide bonds. The van der Waals surface area contributed by atoms with Crippen molar-refractivity contribution in [2.24, 2.45) is 5.73 Å². The van der Waals surface area contributed by atoms with E-state index >= 15 is 0 Å². The van der Waals surface area contributed by atoms with E-state index in [1.807, 2.05) is 0 Å². The summed E-state index contributed by atoms with van der Waals surface area (Å²) in [5.74, 6) is -0.400. The number of thioether (sulfide) groups is 1. The van der Waals surface area contributed by atoms with Gasteiger partial charge in [-0.05, 0) is 37.3 Å². The van der Waals surface area contributed by atoms with Gasteiger partial charge in [0.05, 0.1) is 17.7 Å². The number of benzene rings is 1. The van der Waals surface area contributed by atoms with Crippen molar-refractivity contribution in [1.82, 2.24) is 5.32 Å². The number of aryl methyl sites for hydroxylation is 1. The Morgan fingerprint density at radius 3 is 2.70 bits per heavy atom. The Balaban J connectivity index is 2.29. The molecule has 1 fully saturated rings. The van der Waals surface area contributed by atoms with Crippen LogP contribution in [0.3, 0.4) is 0 Å². The molecular formula is C15H19F3N2O2S. The lowest BCUT2D eigenvalue weighted by molar-refractivity contribution is -0.137. The van der Waals surface area contributed by atoms with Crippen LogP contribution < -0.4 is 11.1 Å². The van der Waals surface area contributed by atoms with Crippen LogP contribution in [0.15, 0.2) is 17.0 Å². The van der Waals surface area contributed by atoms with E-state index in [4.69, 9.17) is 10.5 Å². The molecule has 0 saturated carbocycles. The molecule has 0 aromatic heterocycles. The van der Waals surface area contributed by atoms with E-state index in [2.05, 4.69) is 5.32 Å². The van der Waals surface area contributed by atoms with Crippen LogP contribution in [0.1, 0.15) is 27.9 Å². The predicted molar refractivity (Wildman–Crippen MR) is 82.6 cm³/mol. The number of hydrogen-bond donors (Lipinski definition) is 2. The van der Waals surface area contributed by atoms with E-state index in [-0.39, 0.29) is 17.6 Å². The monoisotopic (exact) mass is 348 g/mol. The second kappa shape index (κ2) is 7.11. The Morgan fingerprint density at radius 2 is 2.13 bits per heavy atom. The zero-order valence-electron chi connectivity index (χ0n) is 12.9. The third-order valence-electron chi connectivity index (χ3n) is 3.79. The van der Waals surface area contributed by atoms with Gasteiger partial charge in [0.15, 0.2) is 0 Å². The first-order chi connectivity index (χ1) is 10.7. The lowest BCUT2D eigenvalue weighted by Gasteiger charge is -2.29. The molecule has 1 saturated heterocycles. The average molecular weight is 348 g/mol. The minimum absolute atomic E-state index is 0.243. The minimum Gasteiger partial charge on any atom is -0.380 e. The van der Waals surface area contributed by atoms with Gasteiger partial charge < -0.3 is 15.8 Å². The Morgan fingerprint density at radius 1 is 1.43 bits per heavy atom. The molecule has 3 N–H and O–H groups in total. The molecule has 2 unspecified atom stereocenters. The van der Waals surface area contributed by atoms with Crippen LogP contribution in [0.4, 0.5) is 13.2 Å². The van der Waals surface area contributed by atoms with Crippen molar-refractivity contribution in [3.8, 4) is 0 Å². The predicted octanol–water partition coefficient (Wildman–Crippen LogP) is 2.58. The average Bonchev–Trinajstić information content (AvgIpc) is 2.47. The number of rotatable bonds is 3. The van der Waals surface area contributed by atoms with E-state index in [0.717, 1.165) is 23.9 Å². The van der Waals surface area contributed by atoms with Gasteiger partial charge in [-0.2, -0.15) is 13.2 Å². The van der Waals surface area contributed by atoms with E-state index in [1.165, 1.54) is 6.92 Å². The topological polar surface area (TPSA) is 64.3 Å². The van der Waals surface area contributed by atoms with Crippen molar-refractivity contribution >= 4 is 17.7 Å². The highest BCUT2D eigenvalue weighted by atomic mass is 32.2. The van der Waals surface area contributed by atoms with Crippen molar-refractivity contribution in [2.45, 2.75) is 36.5 Å². The fourth-order valence-electron chi connectivity index (χ4n) is 2.55. The van der Waals surface area contributed by atoms with Gasteiger partial charge in [0.1, 0.15) is 0 Å². The summed E-state index contributed by atoms with van der Waals surface area (Å²) in [5, 5.41) is 2.82. The van der Waals surface area contributed by atoms with Gasteiger partial charge in [-0.1, -0.05) is 0 Å². The number of nitrogens with two attached hydrogens (primary N) is 1. The molecule has 4 nitrogen and oxygen atoms in total. The van der Waals surface area contributed by atoms with Crippen LogP contribution >= 0.6 is 11.8 Å². The standard InChI is InChI=1S/C15H19F3N2O2S/c1-8-5-9(15(16,17)18)6-12(23-2)13(8)14(21)20-11-3-4-22-7-10(11)19/h5-6,10-11H,3-4,7,19H2,1-2H3,(H,20,21). The first kappa shape index (κ1) is 18.1. The number of halogens is 3. The smallest absolute Gasteiger partial charge is 0.380 e. The summed E-state index contributed by atoms with van der Waals surface area (Å²) in [4.78, 5) is 12.8. The molecule has 1 aliphatic rings. The number of amides is 1. The Labute approximate surface area is 136 Å². The fraction of sp³-hybridized carbons (Fsp3) is 0.533. The summed E-state index contributed by atoms with van der Waals surface area (Å²) in [6.07, 6.45) is -2.21. The maximum absolute atomic E-state index is 12.9. The lowest BCUT2D eigenvalue weighted by atomic mass is 10.0. The van der Waals surface area contributed by atoms with Crippen molar-refractivity contribution in [3.05, 3.63) is 28.8 Å². The molecule has 0 spiro atoms. The Kier molecular flexibility index (Phi) is 5.59. The SMILES string of the molecule is CSc1cc(C(F)(F)F)cc(C)c1C(=O)NC1CCOCC1N. The van der Waals surface area contributed by atoms with Crippen LogP contribution in [-0.4, -0.2) is 37.5 Å². The molecule has 1 aliphatic heterocycles. The molecule has 8 heteroatoms. The van der Waals surface area contributed by atoms with E-state index in [0.29, 0.717) is 30.1 Å². The van der Waals surface area contributed by atoms with Crippen molar-refractivity contribution in [1.29, 1.82) is 0 Å². The van der Waals surface area contributed by atoms with Crippen molar-refractivity contribution in [2.75, 3.05) is 19.5 Å². The first-order valence-corrected chi connectivity index (χ1v) is 8.36. The highest BCUT2D eigenvalue weighted by molar-refractivity contribution is 7.98. The number of carbonyl (C=O) groups excluding carboxylic acids is 1. The van der Waals surface area contributed by atoms with Gasteiger partial charge in [0.2, 0.25) is 0 Å². The van der Waals surface area contributed by atoms with E-state index in [9.17, 15) is 18.0 Å². The normalized spacial score (nSPS) is 22.0. The molecule has 1 aromatic rings. The van der Waals surface area contributed by atoms with E-state index in [1.54, 1.807) is 6.26 Å². The summed E-state index contributed by atoms with van der Waals surface area (Å²) in [6, 6.07) is 1.45. The zero-order valence-corrected chi connectivity index (χ0v) is 13.7. The van der Waals surface area contributed by atoms with Crippen LogP contribution in [0.2, 0.25) is 0 Å². The first-order valence-electron chi connectivity index (χ1n) is 7.14. The quantitative estimate of drug-likeness (QED) is 0.824. The van der Waals surface area contributed by atoms with Gasteiger partial charge in [-0.25, -0.2) is 0 Å². The third-order valence-corrected chi connectivity index (χ3v) is 4.55. The Bertz CT molecular complexity index is 593. The number of nitrogens with one attached hydrogen (secondary N) is 1. The number of alkyl halides is 3. The Hall–Kier alpha value is -1.25. The summed E-state index contributed by atoms with van der Waals surface area (Å²) in [5.41, 5.74) is 5.71. The second-order valence-corrected chi connectivity index (χ2v) is 6.32.